The zero-order chi connectivity index (χ0) is 22.4. The zero-order valence-electron chi connectivity index (χ0n) is 17.9. The molecule has 0 aliphatic heterocycles. The standard InChI is InChI=1S/C23H29ClN2O4S/c1-3-30-20-11-13-21(14-12-20)31(28,29)26(19-7-5-4-6-8-19)16-23(27)25-18-10-9-17(2)22(24)15-18/h9-15,19H,3-8,16H2,1-2H3,(H,25,27). The predicted molar refractivity (Wildman–Crippen MR) is 123 cm³/mol. The first-order valence-corrected chi connectivity index (χ1v) is 12.4. The van der Waals surface area contributed by atoms with Gasteiger partial charge in [-0.25, -0.2) is 8.42 Å². The zero-order valence-corrected chi connectivity index (χ0v) is 19.5. The van der Waals surface area contributed by atoms with Gasteiger partial charge in [0.05, 0.1) is 18.0 Å². The summed E-state index contributed by atoms with van der Waals surface area (Å²) in [5.41, 5.74) is 1.45. The minimum atomic E-state index is -3.84. The molecule has 1 fully saturated rings. The van der Waals surface area contributed by atoms with E-state index in [1.165, 1.54) is 16.4 Å². The summed E-state index contributed by atoms with van der Waals surface area (Å²) >= 11 is 6.14. The summed E-state index contributed by atoms with van der Waals surface area (Å²) in [6, 6.07) is 11.4. The highest BCUT2D eigenvalue weighted by Gasteiger charge is 2.34. The number of rotatable bonds is 8. The van der Waals surface area contributed by atoms with Crippen molar-refractivity contribution >= 4 is 33.2 Å². The number of carbonyl (C=O) groups excluding carboxylic acids is 1. The van der Waals surface area contributed by atoms with Gasteiger partial charge in [-0.1, -0.05) is 36.9 Å². The van der Waals surface area contributed by atoms with Crippen LogP contribution in [0.2, 0.25) is 5.02 Å². The molecule has 0 atom stereocenters. The Morgan fingerprint density at radius 3 is 2.42 bits per heavy atom. The van der Waals surface area contributed by atoms with Crippen LogP contribution in [0.4, 0.5) is 5.69 Å². The number of nitrogens with one attached hydrogen (secondary N) is 1. The summed E-state index contributed by atoms with van der Waals surface area (Å²) in [7, 11) is -3.84. The van der Waals surface area contributed by atoms with Crippen LogP contribution in [0.3, 0.4) is 0 Å². The van der Waals surface area contributed by atoms with Gasteiger partial charge >= 0.3 is 0 Å². The largest absolute Gasteiger partial charge is 0.494 e. The molecule has 1 N–H and O–H groups in total. The third-order valence-corrected chi connectivity index (χ3v) is 7.80. The fourth-order valence-corrected chi connectivity index (χ4v) is 5.62. The summed E-state index contributed by atoms with van der Waals surface area (Å²) in [5.74, 6) is 0.222. The van der Waals surface area contributed by atoms with E-state index >= 15 is 0 Å². The predicted octanol–water partition coefficient (Wildman–Crippen LogP) is 5.01. The number of anilines is 1. The molecular formula is C23H29ClN2O4S. The van der Waals surface area contributed by atoms with E-state index in [1.54, 1.807) is 24.3 Å². The lowest BCUT2D eigenvalue weighted by Crippen LogP contribution is -2.45. The van der Waals surface area contributed by atoms with Crippen molar-refractivity contribution in [3.8, 4) is 5.75 Å². The van der Waals surface area contributed by atoms with Crippen LogP contribution < -0.4 is 10.1 Å². The van der Waals surface area contributed by atoms with Gasteiger partial charge in [-0.15, -0.1) is 0 Å². The van der Waals surface area contributed by atoms with E-state index in [4.69, 9.17) is 16.3 Å². The molecule has 0 aromatic heterocycles. The number of nitrogens with zero attached hydrogens (tertiary/aromatic N) is 1. The topological polar surface area (TPSA) is 75.7 Å². The molecule has 0 heterocycles. The smallest absolute Gasteiger partial charge is 0.243 e. The molecule has 2 aromatic rings. The SMILES string of the molecule is CCOc1ccc(S(=O)(=O)N(CC(=O)Nc2ccc(C)c(Cl)c2)C2CCCCC2)cc1. The first-order valence-electron chi connectivity index (χ1n) is 10.6. The van der Waals surface area contributed by atoms with Crippen molar-refractivity contribution in [1.29, 1.82) is 0 Å². The van der Waals surface area contributed by atoms with Crippen LogP contribution in [0.25, 0.3) is 0 Å². The third-order valence-electron chi connectivity index (χ3n) is 5.48. The second-order valence-corrected chi connectivity index (χ2v) is 10.1. The van der Waals surface area contributed by atoms with Crippen molar-refractivity contribution in [2.24, 2.45) is 0 Å². The Hall–Kier alpha value is -2.09. The van der Waals surface area contributed by atoms with Gasteiger partial charge in [0, 0.05) is 16.8 Å². The molecule has 1 aliphatic carbocycles. The monoisotopic (exact) mass is 464 g/mol. The molecule has 1 saturated carbocycles. The van der Waals surface area contributed by atoms with Crippen molar-refractivity contribution in [1.82, 2.24) is 4.31 Å². The Balaban J connectivity index is 1.83. The van der Waals surface area contributed by atoms with Crippen LogP contribution in [0, 0.1) is 6.92 Å². The second-order valence-electron chi connectivity index (χ2n) is 7.76. The molecule has 0 bridgehead atoms. The van der Waals surface area contributed by atoms with Crippen LogP contribution in [0.1, 0.15) is 44.6 Å². The average molecular weight is 465 g/mol. The van der Waals surface area contributed by atoms with Gasteiger partial charge in [-0.3, -0.25) is 4.79 Å². The molecule has 31 heavy (non-hydrogen) atoms. The lowest BCUT2D eigenvalue weighted by Gasteiger charge is -2.33. The van der Waals surface area contributed by atoms with Crippen molar-refractivity contribution in [2.75, 3.05) is 18.5 Å². The Labute approximate surface area is 189 Å². The second kappa shape index (κ2) is 10.5. The average Bonchev–Trinajstić information content (AvgIpc) is 2.76. The third kappa shape index (κ3) is 5.99. The highest BCUT2D eigenvalue weighted by molar-refractivity contribution is 7.89. The Bertz CT molecular complexity index is 1000. The molecule has 1 aliphatic rings. The minimum Gasteiger partial charge on any atom is -0.494 e. The summed E-state index contributed by atoms with van der Waals surface area (Å²) in [6.07, 6.45) is 4.49. The van der Waals surface area contributed by atoms with Crippen LogP contribution in [0.15, 0.2) is 47.4 Å². The molecule has 3 rings (SSSR count). The Kier molecular flexibility index (Phi) is 7.97. The number of hydrogen-bond donors (Lipinski definition) is 1. The highest BCUT2D eigenvalue weighted by atomic mass is 35.5. The normalized spacial score (nSPS) is 15.1. The lowest BCUT2D eigenvalue weighted by molar-refractivity contribution is -0.116. The van der Waals surface area contributed by atoms with E-state index in [0.717, 1.165) is 37.7 Å². The first kappa shape index (κ1) is 23.6. The van der Waals surface area contributed by atoms with E-state index in [-0.39, 0.29) is 23.4 Å². The van der Waals surface area contributed by atoms with E-state index in [2.05, 4.69) is 5.32 Å². The summed E-state index contributed by atoms with van der Waals surface area (Å²) < 4.78 is 33.7. The maximum absolute atomic E-state index is 13.5. The minimum absolute atomic E-state index is 0.160. The summed E-state index contributed by atoms with van der Waals surface area (Å²) in [5, 5.41) is 3.32. The van der Waals surface area contributed by atoms with Gasteiger partial charge in [0.2, 0.25) is 15.9 Å². The van der Waals surface area contributed by atoms with Crippen LogP contribution in [0.5, 0.6) is 5.75 Å². The molecule has 0 spiro atoms. The van der Waals surface area contributed by atoms with E-state index in [0.29, 0.717) is 23.1 Å². The number of halogens is 1. The number of carbonyl (C=O) groups is 1. The number of ether oxygens (including phenoxy) is 1. The number of hydrogen-bond acceptors (Lipinski definition) is 4. The number of sulfonamides is 1. The summed E-state index contributed by atoms with van der Waals surface area (Å²) in [4.78, 5) is 13.0. The van der Waals surface area contributed by atoms with Gasteiger partial charge in [0.15, 0.2) is 0 Å². The van der Waals surface area contributed by atoms with Gasteiger partial charge < -0.3 is 10.1 Å². The molecule has 0 unspecified atom stereocenters. The van der Waals surface area contributed by atoms with Crippen molar-refractivity contribution in [3.05, 3.63) is 53.1 Å². The number of aryl methyl sites for hydroxylation is 1. The highest BCUT2D eigenvalue weighted by Crippen LogP contribution is 2.29. The molecular weight excluding hydrogens is 436 g/mol. The van der Waals surface area contributed by atoms with Gasteiger partial charge in [-0.2, -0.15) is 4.31 Å². The summed E-state index contributed by atoms with van der Waals surface area (Å²) in [6.45, 7) is 4.01. The van der Waals surface area contributed by atoms with Crippen molar-refractivity contribution in [3.63, 3.8) is 0 Å². The van der Waals surface area contributed by atoms with E-state index < -0.39 is 10.0 Å². The maximum atomic E-state index is 13.5. The van der Waals surface area contributed by atoms with Gasteiger partial charge in [0.1, 0.15) is 5.75 Å². The molecule has 0 radical (unpaired) electrons. The van der Waals surface area contributed by atoms with Crippen molar-refractivity contribution in [2.45, 2.75) is 56.9 Å². The number of benzene rings is 2. The first-order chi connectivity index (χ1) is 14.8. The Morgan fingerprint density at radius 1 is 1.13 bits per heavy atom. The molecule has 1 amide bonds. The van der Waals surface area contributed by atoms with Gasteiger partial charge in [-0.05, 0) is 68.7 Å². The van der Waals surface area contributed by atoms with Gasteiger partial charge in [0.25, 0.3) is 0 Å². The van der Waals surface area contributed by atoms with Crippen LogP contribution >= 0.6 is 11.6 Å². The molecule has 168 valence electrons. The van der Waals surface area contributed by atoms with Crippen LogP contribution in [-0.4, -0.2) is 37.8 Å². The maximum Gasteiger partial charge on any atom is 0.243 e. The lowest BCUT2D eigenvalue weighted by atomic mass is 9.95. The van der Waals surface area contributed by atoms with E-state index in [9.17, 15) is 13.2 Å². The molecule has 0 saturated heterocycles. The fourth-order valence-electron chi connectivity index (χ4n) is 3.80. The quantitative estimate of drug-likeness (QED) is 0.595. The number of amides is 1. The molecule has 6 nitrogen and oxygen atoms in total. The molecule has 8 heteroatoms. The Morgan fingerprint density at radius 2 is 1.81 bits per heavy atom. The fraction of sp³-hybridized carbons (Fsp3) is 0.435. The van der Waals surface area contributed by atoms with Crippen molar-refractivity contribution < 1.29 is 17.9 Å². The molecule has 2 aromatic carbocycles. The van der Waals surface area contributed by atoms with Crippen LogP contribution in [-0.2, 0) is 14.8 Å². The van der Waals surface area contributed by atoms with E-state index in [1.807, 2.05) is 19.9 Å².